The zero-order chi connectivity index (χ0) is 10.1. The third kappa shape index (κ3) is 6.58. The highest BCUT2D eigenvalue weighted by atomic mass is 16.1. The van der Waals surface area contributed by atoms with Crippen molar-refractivity contribution in [2.24, 2.45) is 11.7 Å². The van der Waals surface area contributed by atoms with E-state index in [9.17, 15) is 4.79 Å². The van der Waals surface area contributed by atoms with Gasteiger partial charge in [0.25, 0.3) is 0 Å². The molecule has 0 saturated carbocycles. The molecule has 0 rings (SSSR count). The zero-order valence-electron chi connectivity index (χ0n) is 8.81. The summed E-state index contributed by atoms with van der Waals surface area (Å²) in [6, 6.07) is 0. The molecule has 1 unspecified atom stereocenters. The van der Waals surface area contributed by atoms with Crippen LogP contribution in [0.5, 0.6) is 0 Å². The second kappa shape index (κ2) is 8.05. The van der Waals surface area contributed by atoms with Gasteiger partial charge in [-0.05, 0) is 6.42 Å². The van der Waals surface area contributed by atoms with Crippen LogP contribution in [0.2, 0.25) is 0 Å². The largest absolute Gasteiger partial charge is 0.356 e. The monoisotopic (exact) mass is 186 g/mol. The molecule has 0 spiro atoms. The van der Waals surface area contributed by atoms with Gasteiger partial charge in [-0.3, -0.25) is 4.79 Å². The lowest BCUT2D eigenvalue weighted by Crippen LogP contribution is -2.33. The summed E-state index contributed by atoms with van der Waals surface area (Å²) in [7, 11) is 0. The number of hydrogen-bond acceptors (Lipinski definition) is 2. The molecular weight excluding hydrogens is 164 g/mol. The van der Waals surface area contributed by atoms with E-state index in [2.05, 4.69) is 12.2 Å². The maximum absolute atomic E-state index is 11.2. The lowest BCUT2D eigenvalue weighted by Gasteiger charge is -2.09. The van der Waals surface area contributed by atoms with Crippen LogP contribution in [0.4, 0.5) is 0 Å². The summed E-state index contributed by atoms with van der Waals surface area (Å²) in [6.45, 7) is 5.25. The number of carbonyl (C=O) groups excluding carboxylic acids is 1. The van der Waals surface area contributed by atoms with E-state index in [1.807, 2.05) is 6.92 Å². The first kappa shape index (κ1) is 12.4. The standard InChI is InChI=1S/C10H22N2O/c1-3-4-5-6-7-12-10(13)9(2)8-11/h9H,3-8,11H2,1-2H3,(H,12,13). The van der Waals surface area contributed by atoms with Gasteiger partial charge >= 0.3 is 0 Å². The van der Waals surface area contributed by atoms with Gasteiger partial charge in [-0.2, -0.15) is 0 Å². The maximum atomic E-state index is 11.2. The third-order valence-electron chi connectivity index (χ3n) is 2.13. The third-order valence-corrected chi connectivity index (χ3v) is 2.13. The molecule has 13 heavy (non-hydrogen) atoms. The summed E-state index contributed by atoms with van der Waals surface area (Å²) in [5.41, 5.74) is 5.36. The van der Waals surface area contributed by atoms with Crippen molar-refractivity contribution in [1.82, 2.24) is 5.32 Å². The fourth-order valence-electron chi connectivity index (χ4n) is 1.04. The molecule has 0 aliphatic heterocycles. The molecule has 1 amide bonds. The van der Waals surface area contributed by atoms with Crippen molar-refractivity contribution in [2.45, 2.75) is 39.5 Å². The number of nitrogens with one attached hydrogen (secondary N) is 1. The molecule has 0 bridgehead atoms. The summed E-state index contributed by atoms with van der Waals surface area (Å²) < 4.78 is 0. The average molecular weight is 186 g/mol. The van der Waals surface area contributed by atoms with Crippen molar-refractivity contribution in [3.63, 3.8) is 0 Å². The first-order valence-electron chi connectivity index (χ1n) is 5.20. The molecule has 0 saturated heterocycles. The van der Waals surface area contributed by atoms with Gasteiger partial charge < -0.3 is 11.1 Å². The molecule has 1 atom stereocenters. The highest BCUT2D eigenvalue weighted by Crippen LogP contribution is 1.97. The average Bonchev–Trinajstić information content (AvgIpc) is 2.16. The van der Waals surface area contributed by atoms with E-state index in [1.54, 1.807) is 0 Å². The maximum Gasteiger partial charge on any atom is 0.224 e. The summed E-state index contributed by atoms with van der Waals surface area (Å²) in [4.78, 5) is 11.2. The van der Waals surface area contributed by atoms with Crippen molar-refractivity contribution in [3.05, 3.63) is 0 Å². The van der Waals surface area contributed by atoms with Crippen LogP contribution in [0.3, 0.4) is 0 Å². The Morgan fingerprint density at radius 3 is 2.62 bits per heavy atom. The van der Waals surface area contributed by atoms with Crippen LogP contribution in [0.1, 0.15) is 39.5 Å². The second-order valence-corrected chi connectivity index (χ2v) is 3.49. The fraction of sp³-hybridized carbons (Fsp3) is 0.900. The molecule has 0 aromatic carbocycles. The Morgan fingerprint density at radius 1 is 1.38 bits per heavy atom. The molecule has 78 valence electrons. The van der Waals surface area contributed by atoms with Gasteiger partial charge in [-0.1, -0.05) is 33.1 Å². The first-order chi connectivity index (χ1) is 6.22. The molecule has 0 aliphatic rings. The molecule has 0 heterocycles. The number of amides is 1. The van der Waals surface area contributed by atoms with Crippen LogP contribution >= 0.6 is 0 Å². The smallest absolute Gasteiger partial charge is 0.224 e. The van der Waals surface area contributed by atoms with Crippen molar-refractivity contribution in [1.29, 1.82) is 0 Å². The summed E-state index contributed by atoms with van der Waals surface area (Å²) in [5, 5.41) is 2.87. The van der Waals surface area contributed by atoms with Crippen molar-refractivity contribution >= 4 is 5.91 Å². The van der Waals surface area contributed by atoms with Crippen LogP contribution < -0.4 is 11.1 Å². The van der Waals surface area contributed by atoms with E-state index in [0.29, 0.717) is 6.54 Å². The highest BCUT2D eigenvalue weighted by Gasteiger charge is 2.08. The minimum Gasteiger partial charge on any atom is -0.356 e. The molecule has 0 fully saturated rings. The van der Waals surface area contributed by atoms with E-state index < -0.39 is 0 Å². The normalized spacial score (nSPS) is 12.5. The lowest BCUT2D eigenvalue weighted by atomic mass is 10.1. The minimum absolute atomic E-state index is 0.0498. The Balaban J connectivity index is 3.27. The van der Waals surface area contributed by atoms with Crippen LogP contribution in [-0.2, 0) is 4.79 Å². The van der Waals surface area contributed by atoms with E-state index in [0.717, 1.165) is 13.0 Å². The van der Waals surface area contributed by atoms with Gasteiger partial charge in [0, 0.05) is 19.0 Å². The van der Waals surface area contributed by atoms with Gasteiger partial charge in [-0.25, -0.2) is 0 Å². The van der Waals surface area contributed by atoms with E-state index >= 15 is 0 Å². The SMILES string of the molecule is CCCCCCNC(=O)C(C)CN. The Morgan fingerprint density at radius 2 is 2.08 bits per heavy atom. The van der Waals surface area contributed by atoms with Crippen molar-refractivity contribution in [3.8, 4) is 0 Å². The number of hydrogen-bond donors (Lipinski definition) is 2. The number of rotatable bonds is 7. The van der Waals surface area contributed by atoms with Gasteiger partial charge in [0.1, 0.15) is 0 Å². The fourth-order valence-corrected chi connectivity index (χ4v) is 1.04. The Hall–Kier alpha value is -0.570. The predicted molar refractivity (Wildman–Crippen MR) is 55.4 cm³/mol. The minimum atomic E-state index is -0.0498. The molecule has 3 heteroatoms. The van der Waals surface area contributed by atoms with E-state index in [-0.39, 0.29) is 11.8 Å². The van der Waals surface area contributed by atoms with Gasteiger partial charge in [0.2, 0.25) is 5.91 Å². The molecule has 3 N–H and O–H groups in total. The molecule has 0 aliphatic carbocycles. The molecule has 0 aromatic rings. The molecule has 3 nitrogen and oxygen atoms in total. The number of carbonyl (C=O) groups is 1. The Kier molecular flexibility index (Phi) is 7.69. The summed E-state index contributed by atoms with van der Waals surface area (Å²) in [6.07, 6.45) is 4.76. The van der Waals surface area contributed by atoms with E-state index in [4.69, 9.17) is 5.73 Å². The van der Waals surface area contributed by atoms with Crippen molar-refractivity contribution < 1.29 is 4.79 Å². The van der Waals surface area contributed by atoms with Gasteiger partial charge in [0.15, 0.2) is 0 Å². The lowest BCUT2D eigenvalue weighted by molar-refractivity contribution is -0.124. The van der Waals surface area contributed by atoms with Crippen molar-refractivity contribution in [2.75, 3.05) is 13.1 Å². The predicted octanol–water partition coefficient (Wildman–Crippen LogP) is 1.28. The summed E-state index contributed by atoms with van der Waals surface area (Å²) in [5.74, 6) is 0.0326. The molecule has 0 radical (unpaired) electrons. The number of unbranched alkanes of at least 4 members (excludes halogenated alkanes) is 3. The van der Waals surface area contributed by atoms with Crippen LogP contribution in [-0.4, -0.2) is 19.0 Å². The van der Waals surface area contributed by atoms with Crippen LogP contribution in [0, 0.1) is 5.92 Å². The zero-order valence-corrected chi connectivity index (χ0v) is 8.81. The van der Waals surface area contributed by atoms with Crippen LogP contribution in [0.25, 0.3) is 0 Å². The topological polar surface area (TPSA) is 55.1 Å². The Labute approximate surface area is 81.1 Å². The highest BCUT2D eigenvalue weighted by molar-refractivity contribution is 5.78. The molecular formula is C10H22N2O. The van der Waals surface area contributed by atoms with E-state index in [1.165, 1.54) is 19.3 Å². The number of nitrogens with two attached hydrogens (primary N) is 1. The molecule has 0 aromatic heterocycles. The quantitative estimate of drug-likeness (QED) is 0.588. The van der Waals surface area contributed by atoms with Crippen LogP contribution in [0.15, 0.2) is 0 Å². The first-order valence-corrected chi connectivity index (χ1v) is 5.20. The van der Waals surface area contributed by atoms with Gasteiger partial charge in [0.05, 0.1) is 0 Å². The summed E-state index contributed by atoms with van der Waals surface area (Å²) >= 11 is 0. The van der Waals surface area contributed by atoms with Gasteiger partial charge in [-0.15, -0.1) is 0 Å². The second-order valence-electron chi connectivity index (χ2n) is 3.49. The Bertz CT molecular complexity index is 137.